The summed E-state index contributed by atoms with van der Waals surface area (Å²) in [6.07, 6.45) is 2.74. The molecule has 2 unspecified atom stereocenters. The molecule has 0 aliphatic carbocycles. The van der Waals surface area contributed by atoms with Crippen LogP contribution in [0.4, 0.5) is 0 Å². The third kappa shape index (κ3) is 2.00. The lowest BCUT2D eigenvalue weighted by Gasteiger charge is -2.39. The van der Waals surface area contributed by atoms with E-state index in [1.165, 1.54) is 42.6 Å². The molecule has 2 fully saturated rings. The lowest BCUT2D eigenvalue weighted by Crippen LogP contribution is -2.49. The molecule has 0 bridgehead atoms. The summed E-state index contributed by atoms with van der Waals surface area (Å²) in [7, 11) is 0. The second-order valence-electron chi connectivity index (χ2n) is 5.57. The molecular formula is C15H22N2. The fourth-order valence-electron chi connectivity index (χ4n) is 3.48. The van der Waals surface area contributed by atoms with Crippen LogP contribution in [0.2, 0.25) is 0 Å². The summed E-state index contributed by atoms with van der Waals surface area (Å²) >= 11 is 0. The molecule has 0 radical (unpaired) electrons. The molecule has 0 amide bonds. The van der Waals surface area contributed by atoms with Crippen LogP contribution < -0.4 is 5.32 Å². The highest BCUT2D eigenvalue weighted by atomic mass is 15.3. The van der Waals surface area contributed by atoms with E-state index >= 15 is 0 Å². The van der Waals surface area contributed by atoms with Crippen molar-refractivity contribution in [2.75, 3.05) is 19.6 Å². The third-order valence-electron chi connectivity index (χ3n) is 4.32. The minimum Gasteiger partial charge on any atom is -0.313 e. The van der Waals surface area contributed by atoms with E-state index in [1.807, 2.05) is 0 Å². The highest BCUT2D eigenvalue weighted by molar-refractivity contribution is 5.33. The van der Waals surface area contributed by atoms with Crippen molar-refractivity contribution < 1.29 is 0 Å². The zero-order valence-corrected chi connectivity index (χ0v) is 10.9. The van der Waals surface area contributed by atoms with Crippen LogP contribution in [0.1, 0.15) is 35.6 Å². The molecule has 0 aromatic heterocycles. The normalized spacial score (nSPS) is 29.3. The standard InChI is InChI=1S/C15H22N2/c1-11-5-6-14(12(2)8-11)15-10-16-9-13-4-3-7-17(13)15/h5-6,8,13,15-16H,3-4,7,9-10H2,1-2H3. The fraction of sp³-hybridized carbons (Fsp3) is 0.600. The van der Waals surface area contributed by atoms with Crippen molar-refractivity contribution in [3.63, 3.8) is 0 Å². The number of rotatable bonds is 1. The number of piperazine rings is 1. The molecule has 0 spiro atoms. The van der Waals surface area contributed by atoms with Crippen molar-refractivity contribution in [2.45, 2.75) is 38.8 Å². The number of hydrogen-bond acceptors (Lipinski definition) is 2. The summed E-state index contributed by atoms with van der Waals surface area (Å²) in [5.74, 6) is 0. The zero-order chi connectivity index (χ0) is 11.8. The largest absolute Gasteiger partial charge is 0.313 e. The average molecular weight is 230 g/mol. The summed E-state index contributed by atoms with van der Waals surface area (Å²) < 4.78 is 0. The van der Waals surface area contributed by atoms with E-state index in [9.17, 15) is 0 Å². The predicted octanol–water partition coefficient (Wildman–Crippen LogP) is 2.41. The van der Waals surface area contributed by atoms with E-state index in [2.05, 4.69) is 42.3 Å². The lowest BCUT2D eigenvalue weighted by molar-refractivity contribution is 0.138. The Morgan fingerprint density at radius 1 is 1.24 bits per heavy atom. The van der Waals surface area contributed by atoms with Crippen LogP contribution in [0.15, 0.2) is 18.2 Å². The Morgan fingerprint density at radius 3 is 2.94 bits per heavy atom. The Morgan fingerprint density at radius 2 is 2.12 bits per heavy atom. The summed E-state index contributed by atoms with van der Waals surface area (Å²) in [5.41, 5.74) is 4.34. The number of aryl methyl sites for hydroxylation is 2. The lowest BCUT2D eigenvalue weighted by atomic mass is 9.96. The van der Waals surface area contributed by atoms with Gasteiger partial charge in [0.15, 0.2) is 0 Å². The maximum absolute atomic E-state index is 3.60. The van der Waals surface area contributed by atoms with Crippen LogP contribution >= 0.6 is 0 Å². The van der Waals surface area contributed by atoms with Gasteiger partial charge in [0.2, 0.25) is 0 Å². The van der Waals surface area contributed by atoms with Crippen molar-refractivity contribution in [1.29, 1.82) is 0 Å². The number of benzene rings is 1. The van der Waals surface area contributed by atoms with Crippen molar-refractivity contribution in [3.05, 3.63) is 34.9 Å². The van der Waals surface area contributed by atoms with Crippen molar-refractivity contribution >= 4 is 0 Å². The van der Waals surface area contributed by atoms with E-state index in [0.29, 0.717) is 6.04 Å². The molecule has 1 N–H and O–H groups in total. The molecular weight excluding hydrogens is 208 g/mol. The number of hydrogen-bond donors (Lipinski definition) is 1. The molecule has 2 aliphatic heterocycles. The summed E-state index contributed by atoms with van der Waals surface area (Å²) in [4.78, 5) is 2.72. The minimum absolute atomic E-state index is 0.594. The zero-order valence-electron chi connectivity index (χ0n) is 10.9. The second kappa shape index (κ2) is 4.43. The van der Waals surface area contributed by atoms with Crippen molar-refractivity contribution in [3.8, 4) is 0 Å². The van der Waals surface area contributed by atoms with Crippen molar-refractivity contribution in [2.24, 2.45) is 0 Å². The Balaban J connectivity index is 1.91. The van der Waals surface area contributed by atoms with Crippen LogP contribution in [0, 0.1) is 13.8 Å². The van der Waals surface area contributed by atoms with Gasteiger partial charge in [-0.05, 0) is 44.4 Å². The van der Waals surface area contributed by atoms with Crippen LogP contribution in [0.3, 0.4) is 0 Å². The van der Waals surface area contributed by atoms with Crippen LogP contribution in [0.5, 0.6) is 0 Å². The van der Waals surface area contributed by atoms with E-state index in [0.717, 1.165) is 12.6 Å². The first-order chi connectivity index (χ1) is 8.25. The monoisotopic (exact) mass is 230 g/mol. The van der Waals surface area contributed by atoms with Gasteiger partial charge in [0.25, 0.3) is 0 Å². The number of fused-ring (bicyclic) bond motifs is 1. The number of nitrogens with one attached hydrogen (secondary N) is 1. The quantitative estimate of drug-likeness (QED) is 0.797. The highest BCUT2D eigenvalue weighted by Crippen LogP contribution is 2.33. The molecule has 17 heavy (non-hydrogen) atoms. The Labute approximate surface area is 104 Å². The maximum Gasteiger partial charge on any atom is 0.0478 e. The summed E-state index contributed by atoms with van der Waals surface area (Å²) in [6.45, 7) is 8.00. The predicted molar refractivity (Wildman–Crippen MR) is 71.3 cm³/mol. The van der Waals surface area contributed by atoms with E-state index in [1.54, 1.807) is 0 Å². The topological polar surface area (TPSA) is 15.3 Å². The molecule has 3 rings (SSSR count). The van der Waals surface area contributed by atoms with Gasteiger partial charge in [-0.3, -0.25) is 4.90 Å². The first-order valence-electron chi connectivity index (χ1n) is 6.79. The van der Waals surface area contributed by atoms with Crippen molar-refractivity contribution in [1.82, 2.24) is 10.2 Å². The SMILES string of the molecule is Cc1ccc(C2CNCC3CCCN32)c(C)c1. The molecule has 1 aromatic carbocycles. The minimum atomic E-state index is 0.594. The van der Waals surface area contributed by atoms with Crippen LogP contribution in [0.25, 0.3) is 0 Å². The summed E-state index contributed by atoms with van der Waals surface area (Å²) in [6, 6.07) is 8.26. The van der Waals surface area contributed by atoms with Gasteiger partial charge in [0.05, 0.1) is 0 Å². The number of nitrogens with zero attached hydrogens (tertiary/aromatic N) is 1. The first kappa shape index (κ1) is 11.2. The van der Waals surface area contributed by atoms with Gasteiger partial charge < -0.3 is 5.32 Å². The van der Waals surface area contributed by atoms with E-state index in [4.69, 9.17) is 0 Å². The smallest absolute Gasteiger partial charge is 0.0478 e. The second-order valence-corrected chi connectivity index (χ2v) is 5.57. The van der Waals surface area contributed by atoms with Crippen LogP contribution in [-0.2, 0) is 0 Å². The van der Waals surface area contributed by atoms with Gasteiger partial charge in [-0.1, -0.05) is 23.8 Å². The molecule has 2 heterocycles. The molecule has 2 atom stereocenters. The Kier molecular flexibility index (Phi) is 2.93. The van der Waals surface area contributed by atoms with E-state index in [-0.39, 0.29) is 0 Å². The third-order valence-corrected chi connectivity index (χ3v) is 4.32. The molecule has 1 aromatic rings. The average Bonchev–Trinajstić information content (AvgIpc) is 2.77. The van der Waals surface area contributed by atoms with Gasteiger partial charge in [-0.15, -0.1) is 0 Å². The molecule has 2 saturated heterocycles. The van der Waals surface area contributed by atoms with E-state index < -0.39 is 0 Å². The van der Waals surface area contributed by atoms with Crippen LogP contribution in [-0.4, -0.2) is 30.6 Å². The Bertz CT molecular complexity index is 413. The molecule has 0 saturated carbocycles. The molecule has 2 heteroatoms. The fourth-order valence-corrected chi connectivity index (χ4v) is 3.48. The molecule has 92 valence electrons. The van der Waals surface area contributed by atoms with Gasteiger partial charge in [0, 0.05) is 25.2 Å². The Hall–Kier alpha value is -0.860. The molecule has 2 aliphatic rings. The van der Waals surface area contributed by atoms with Gasteiger partial charge in [-0.25, -0.2) is 0 Å². The first-order valence-corrected chi connectivity index (χ1v) is 6.79. The molecule has 2 nitrogen and oxygen atoms in total. The van der Waals surface area contributed by atoms with Gasteiger partial charge in [0.1, 0.15) is 0 Å². The van der Waals surface area contributed by atoms with Gasteiger partial charge >= 0.3 is 0 Å². The maximum atomic E-state index is 3.60. The highest BCUT2D eigenvalue weighted by Gasteiger charge is 2.34. The van der Waals surface area contributed by atoms with Gasteiger partial charge in [-0.2, -0.15) is 0 Å². The summed E-state index contributed by atoms with van der Waals surface area (Å²) in [5, 5.41) is 3.60.